The van der Waals surface area contributed by atoms with Crippen molar-refractivity contribution < 1.29 is 4.79 Å². The number of benzene rings is 1. The number of hydrogen-bond acceptors (Lipinski definition) is 1. The van der Waals surface area contributed by atoms with Gasteiger partial charge in [0, 0.05) is 11.8 Å². The Balaban J connectivity index is 2.36. The molecular weight excluding hydrogens is 172 g/mol. The number of aryl methyl sites for hydroxylation is 1. The van der Waals surface area contributed by atoms with Gasteiger partial charge in [-0.05, 0) is 18.6 Å². The second-order valence-corrected chi connectivity index (χ2v) is 4.26. The third-order valence-corrected chi connectivity index (χ3v) is 2.89. The van der Waals surface area contributed by atoms with Crippen LogP contribution in [0.1, 0.15) is 24.5 Å². The molecule has 0 saturated heterocycles. The van der Waals surface area contributed by atoms with E-state index in [1.165, 1.54) is 11.1 Å². The first kappa shape index (κ1) is 9.20. The Bertz CT molecular complexity index is 386. The zero-order valence-corrected chi connectivity index (χ0v) is 8.58. The van der Waals surface area contributed by atoms with Gasteiger partial charge in [-0.15, -0.1) is 0 Å². The van der Waals surface area contributed by atoms with E-state index in [4.69, 9.17) is 0 Å². The molecule has 0 spiro atoms. The van der Waals surface area contributed by atoms with Gasteiger partial charge in [-0.2, -0.15) is 0 Å². The Morgan fingerprint density at radius 2 is 1.86 bits per heavy atom. The molecule has 1 atom stereocenters. The highest BCUT2D eigenvalue weighted by molar-refractivity contribution is 5.94. The summed E-state index contributed by atoms with van der Waals surface area (Å²) in [6.45, 7) is 4.18. The first-order chi connectivity index (χ1) is 6.60. The van der Waals surface area contributed by atoms with Crippen LogP contribution >= 0.6 is 0 Å². The Hall–Kier alpha value is -1.37. The minimum Gasteiger partial charge on any atom is -0.295 e. The average molecular weight is 186 g/mol. The summed E-state index contributed by atoms with van der Waals surface area (Å²) in [6, 6.07) is 8.41. The molecule has 0 heterocycles. The maximum atomic E-state index is 11.2. The molecule has 0 fully saturated rings. The summed E-state index contributed by atoms with van der Waals surface area (Å²) >= 11 is 0. The van der Waals surface area contributed by atoms with Crippen LogP contribution < -0.4 is 0 Å². The first-order valence-electron chi connectivity index (χ1n) is 4.89. The lowest BCUT2D eigenvalue weighted by atomic mass is 9.82. The van der Waals surface area contributed by atoms with Crippen LogP contribution in [0.25, 0.3) is 0 Å². The predicted molar refractivity (Wildman–Crippen MR) is 57.3 cm³/mol. The van der Waals surface area contributed by atoms with Crippen LogP contribution in [0.15, 0.2) is 36.4 Å². The van der Waals surface area contributed by atoms with Crippen molar-refractivity contribution in [2.45, 2.75) is 25.7 Å². The van der Waals surface area contributed by atoms with E-state index in [1.54, 1.807) is 6.08 Å². The summed E-state index contributed by atoms with van der Waals surface area (Å²) in [5.41, 5.74) is 2.40. The molecule has 1 unspecified atom stereocenters. The van der Waals surface area contributed by atoms with Crippen molar-refractivity contribution in [2.24, 2.45) is 0 Å². The predicted octanol–water partition coefficient (Wildman–Crippen LogP) is 2.78. The van der Waals surface area contributed by atoms with Crippen molar-refractivity contribution in [3.8, 4) is 0 Å². The van der Waals surface area contributed by atoms with E-state index in [2.05, 4.69) is 38.1 Å². The highest BCUT2D eigenvalue weighted by atomic mass is 16.1. The second-order valence-electron chi connectivity index (χ2n) is 4.26. The SMILES string of the molecule is Cc1ccc(C2(C)C=CC(=O)C2)cc1. The molecule has 0 bridgehead atoms. The van der Waals surface area contributed by atoms with Gasteiger partial charge in [0.25, 0.3) is 0 Å². The molecule has 1 heteroatoms. The molecule has 0 aromatic heterocycles. The lowest BCUT2D eigenvalue weighted by molar-refractivity contribution is -0.114. The minimum atomic E-state index is -0.0786. The molecule has 1 aromatic rings. The number of carbonyl (C=O) groups is 1. The number of carbonyl (C=O) groups excluding carboxylic acids is 1. The highest BCUT2D eigenvalue weighted by Gasteiger charge is 2.30. The van der Waals surface area contributed by atoms with E-state index < -0.39 is 0 Å². The van der Waals surface area contributed by atoms with Gasteiger partial charge in [0.1, 0.15) is 0 Å². The van der Waals surface area contributed by atoms with E-state index in [1.807, 2.05) is 6.08 Å². The fourth-order valence-electron chi connectivity index (χ4n) is 1.89. The molecule has 0 radical (unpaired) electrons. The fraction of sp³-hybridized carbons (Fsp3) is 0.308. The lowest BCUT2D eigenvalue weighted by Crippen LogP contribution is -2.17. The van der Waals surface area contributed by atoms with Crippen molar-refractivity contribution in [3.63, 3.8) is 0 Å². The molecule has 0 saturated carbocycles. The van der Waals surface area contributed by atoms with Crippen LogP contribution in [-0.2, 0) is 10.2 Å². The van der Waals surface area contributed by atoms with Gasteiger partial charge in [-0.25, -0.2) is 0 Å². The van der Waals surface area contributed by atoms with E-state index >= 15 is 0 Å². The summed E-state index contributed by atoms with van der Waals surface area (Å²) in [6.07, 6.45) is 4.32. The molecule has 0 aliphatic heterocycles. The molecule has 2 rings (SSSR count). The van der Waals surface area contributed by atoms with Crippen molar-refractivity contribution in [2.75, 3.05) is 0 Å². The maximum absolute atomic E-state index is 11.2. The molecule has 1 nitrogen and oxygen atoms in total. The molecule has 72 valence electrons. The van der Waals surface area contributed by atoms with E-state index in [0.29, 0.717) is 6.42 Å². The van der Waals surface area contributed by atoms with Crippen molar-refractivity contribution in [1.29, 1.82) is 0 Å². The number of rotatable bonds is 1. The summed E-state index contributed by atoms with van der Waals surface area (Å²) in [5.74, 6) is 0.230. The Morgan fingerprint density at radius 1 is 1.21 bits per heavy atom. The highest BCUT2D eigenvalue weighted by Crippen LogP contribution is 2.33. The van der Waals surface area contributed by atoms with Crippen LogP contribution in [0.5, 0.6) is 0 Å². The van der Waals surface area contributed by atoms with Crippen molar-refractivity contribution in [1.82, 2.24) is 0 Å². The monoisotopic (exact) mass is 186 g/mol. The second kappa shape index (κ2) is 3.09. The van der Waals surface area contributed by atoms with Crippen LogP contribution in [0.2, 0.25) is 0 Å². The fourth-order valence-corrected chi connectivity index (χ4v) is 1.89. The van der Waals surface area contributed by atoms with Gasteiger partial charge in [0.2, 0.25) is 0 Å². The van der Waals surface area contributed by atoms with Gasteiger partial charge >= 0.3 is 0 Å². The number of allylic oxidation sites excluding steroid dienone is 2. The molecule has 0 amide bonds. The van der Waals surface area contributed by atoms with Gasteiger partial charge in [0.05, 0.1) is 0 Å². The normalized spacial score (nSPS) is 25.7. The Morgan fingerprint density at radius 3 is 2.36 bits per heavy atom. The first-order valence-corrected chi connectivity index (χ1v) is 4.89. The number of ketones is 1. The molecule has 1 aliphatic carbocycles. The summed E-state index contributed by atoms with van der Waals surface area (Å²) < 4.78 is 0. The smallest absolute Gasteiger partial charge is 0.156 e. The topological polar surface area (TPSA) is 17.1 Å². The molecule has 1 aliphatic rings. The molecule has 0 N–H and O–H groups in total. The molecular formula is C13H14O. The van der Waals surface area contributed by atoms with Gasteiger partial charge in [-0.3, -0.25) is 4.79 Å². The molecule has 1 aromatic carbocycles. The zero-order chi connectivity index (χ0) is 10.2. The molecule has 14 heavy (non-hydrogen) atoms. The summed E-state index contributed by atoms with van der Waals surface area (Å²) in [7, 11) is 0. The minimum absolute atomic E-state index is 0.0786. The van der Waals surface area contributed by atoms with Crippen molar-refractivity contribution >= 4 is 5.78 Å². The van der Waals surface area contributed by atoms with Crippen LogP contribution in [0.3, 0.4) is 0 Å². The Kier molecular flexibility index (Phi) is 2.03. The van der Waals surface area contributed by atoms with Gasteiger partial charge < -0.3 is 0 Å². The zero-order valence-electron chi connectivity index (χ0n) is 8.58. The third-order valence-electron chi connectivity index (χ3n) is 2.89. The third kappa shape index (κ3) is 1.50. The van der Waals surface area contributed by atoms with Crippen LogP contribution in [-0.4, -0.2) is 5.78 Å². The van der Waals surface area contributed by atoms with Gasteiger partial charge in [0.15, 0.2) is 5.78 Å². The van der Waals surface area contributed by atoms with Crippen LogP contribution in [0.4, 0.5) is 0 Å². The average Bonchev–Trinajstić information content (AvgIpc) is 2.48. The Labute approximate surface area is 84.5 Å². The largest absolute Gasteiger partial charge is 0.295 e. The lowest BCUT2D eigenvalue weighted by Gasteiger charge is -2.21. The quantitative estimate of drug-likeness (QED) is 0.659. The van der Waals surface area contributed by atoms with E-state index in [9.17, 15) is 4.79 Å². The maximum Gasteiger partial charge on any atom is 0.156 e. The summed E-state index contributed by atoms with van der Waals surface area (Å²) in [4.78, 5) is 11.2. The number of hydrogen-bond donors (Lipinski definition) is 0. The van der Waals surface area contributed by atoms with Crippen LogP contribution in [0, 0.1) is 6.92 Å². The standard InChI is InChI=1S/C13H14O/c1-10-3-5-11(6-4-10)13(2)8-7-12(14)9-13/h3-8H,9H2,1-2H3. The van der Waals surface area contributed by atoms with Gasteiger partial charge in [-0.1, -0.05) is 42.8 Å². The summed E-state index contributed by atoms with van der Waals surface area (Å²) in [5, 5.41) is 0. The van der Waals surface area contributed by atoms with Crippen molar-refractivity contribution in [3.05, 3.63) is 47.5 Å². The van der Waals surface area contributed by atoms with E-state index in [-0.39, 0.29) is 11.2 Å². The van der Waals surface area contributed by atoms with E-state index in [0.717, 1.165) is 0 Å².